The molecule has 28 heavy (non-hydrogen) atoms. The average Bonchev–Trinajstić information content (AvgIpc) is 2.64. The predicted octanol–water partition coefficient (Wildman–Crippen LogP) is 3.18. The molecule has 0 saturated carbocycles. The molecular weight excluding hydrogens is 375 g/mol. The Labute approximate surface area is 160 Å². The van der Waals surface area contributed by atoms with Gasteiger partial charge in [-0.15, -0.1) is 0 Å². The molecule has 2 rings (SSSR count). The van der Waals surface area contributed by atoms with Crippen LogP contribution in [0.4, 0.5) is 13.2 Å². The number of alkyl halides is 3. The van der Waals surface area contributed by atoms with Gasteiger partial charge in [-0.25, -0.2) is 4.98 Å². The summed E-state index contributed by atoms with van der Waals surface area (Å²) in [4.78, 5) is 32.0. The molecule has 1 amide bonds. The molecule has 0 unspecified atom stereocenters. The Bertz CT molecular complexity index is 837. The second-order valence-electron chi connectivity index (χ2n) is 6.15. The van der Waals surface area contributed by atoms with E-state index in [0.717, 1.165) is 0 Å². The number of ether oxygens (including phenoxy) is 1. The topological polar surface area (TPSA) is 81.2 Å². The summed E-state index contributed by atoms with van der Waals surface area (Å²) in [5.41, 5.74) is 2.13. The molecule has 1 N–H and O–H groups in total. The first-order valence-corrected chi connectivity index (χ1v) is 8.58. The number of pyridine rings is 2. The van der Waals surface area contributed by atoms with E-state index in [1.165, 1.54) is 18.3 Å². The first-order chi connectivity index (χ1) is 13.2. The standard InChI is InChI=1S/C19H20F3N3O3/c1-3-16(26)8-15-7-14(6-12(2)25-15)18(27)24-10-13-4-5-17(23-9-13)28-11-19(20,21)22/h4-7,9H,3,8,10-11H2,1-2H3,(H,24,27). The number of aryl methyl sites for hydroxylation is 1. The van der Waals surface area contributed by atoms with Crippen LogP contribution < -0.4 is 10.1 Å². The van der Waals surface area contributed by atoms with E-state index in [1.807, 2.05) is 0 Å². The number of Topliss-reactive ketones (excluding diaryl/α,β-unsaturated/α-hetero) is 1. The number of halogens is 3. The number of ketones is 1. The zero-order chi connectivity index (χ0) is 20.7. The minimum absolute atomic E-state index is 0.0309. The van der Waals surface area contributed by atoms with Crippen LogP contribution in [0.2, 0.25) is 0 Å². The van der Waals surface area contributed by atoms with Gasteiger partial charge >= 0.3 is 6.18 Å². The van der Waals surface area contributed by atoms with Crippen LogP contribution in [0.5, 0.6) is 5.88 Å². The van der Waals surface area contributed by atoms with E-state index in [1.54, 1.807) is 26.0 Å². The van der Waals surface area contributed by atoms with Gasteiger partial charge in [-0.1, -0.05) is 13.0 Å². The number of carbonyl (C=O) groups excluding carboxylic acids is 2. The third kappa shape index (κ3) is 6.98. The highest BCUT2D eigenvalue weighted by atomic mass is 19.4. The van der Waals surface area contributed by atoms with Gasteiger partial charge in [-0.2, -0.15) is 13.2 Å². The van der Waals surface area contributed by atoms with E-state index in [9.17, 15) is 22.8 Å². The van der Waals surface area contributed by atoms with Gasteiger partial charge in [-0.05, 0) is 24.6 Å². The van der Waals surface area contributed by atoms with Gasteiger partial charge < -0.3 is 10.1 Å². The largest absolute Gasteiger partial charge is 0.468 e. The lowest BCUT2D eigenvalue weighted by Crippen LogP contribution is -2.23. The van der Waals surface area contributed by atoms with Crippen molar-refractivity contribution in [2.45, 2.75) is 39.4 Å². The highest BCUT2D eigenvalue weighted by Crippen LogP contribution is 2.17. The minimum atomic E-state index is -4.43. The Morgan fingerprint density at radius 1 is 1.21 bits per heavy atom. The van der Waals surface area contributed by atoms with Gasteiger partial charge in [0, 0.05) is 48.6 Å². The van der Waals surface area contributed by atoms with Crippen molar-refractivity contribution in [2.24, 2.45) is 0 Å². The lowest BCUT2D eigenvalue weighted by molar-refractivity contribution is -0.154. The highest BCUT2D eigenvalue weighted by Gasteiger charge is 2.28. The van der Waals surface area contributed by atoms with E-state index < -0.39 is 12.8 Å². The second kappa shape index (κ2) is 9.29. The number of hydrogen-bond acceptors (Lipinski definition) is 5. The summed E-state index contributed by atoms with van der Waals surface area (Å²) < 4.78 is 40.9. The van der Waals surface area contributed by atoms with Crippen LogP contribution in [0.15, 0.2) is 30.5 Å². The molecular formula is C19H20F3N3O3. The summed E-state index contributed by atoms with van der Waals surface area (Å²) >= 11 is 0. The van der Waals surface area contributed by atoms with Crippen molar-refractivity contribution < 1.29 is 27.5 Å². The molecule has 0 bridgehead atoms. The number of aromatic nitrogens is 2. The van der Waals surface area contributed by atoms with Crippen molar-refractivity contribution in [3.63, 3.8) is 0 Å². The third-order valence-electron chi connectivity index (χ3n) is 3.68. The third-order valence-corrected chi connectivity index (χ3v) is 3.68. The number of hydrogen-bond donors (Lipinski definition) is 1. The van der Waals surface area contributed by atoms with Crippen LogP contribution in [0.3, 0.4) is 0 Å². The molecule has 2 aromatic heterocycles. The second-order valence-corrected chi connectivity index (χ2v) is 6.15. The van der Waals surface area contributed by atoms with Gasteiger partial charge in [0.15, 0.2) is 6.61 Å². The molecule has 0 aliphatic rings. The summed E-state index contributed by atoms with van der Waals surface area (Å²) in [6.45, 7) is 2.22. The van der Waals surface area contributed by atoms with E-state index in [0.29, 0.717) is 28.9 Å². The highest BCUT2D eigenvalue weighted by molar-refractivity contribution is 5.94. The smallest absolute Gasteiger partial charge is 0.422 e. The zero-order valence-electron chi connectivity index (χ0n) is 15.5. The zero-order valence-corrected chi connectivity index (χ0v) is 15.5. The normalized spacial score (nSPS) is 11.2. The maximum Gasteiger partial charge on any atom is 0.422 e. The summed E-state index contributed by atoms with van der Waals surface area (Å²) in [6.07, 6.45) is -2.54. The van der Waals surface area contributed by atoms with E-state index in [2.05, 4.69) is 20.0 Å². The Morgan fingerprint density at radius 2 is 1.96 bits per heavy atom. The first kappa shape index (κ1) is 21.3. The SMILES string of the molecule is CCC(=O)Cc1cc(C(=O)NCc2ccc(OCC(F)(F)F)nc2)cc(C)n1. The fourth-order valence-electron chi connectivity index (χ4n) is 2.33. The van der Waals surface area contributed by atoms with E-state index in [-0.39, 0.29) is 30.5 Å². The van der Waals surface area contributed by atoms with Crippen molar-refractivity contribution in [1.82, 2.24) is 15.3 Å². The molecule has 2 heterocycles. The molecule has 0 spiro atoms. The van der Waals surface area contributed by atoms with Crippen molar-refractivity contribution in [3.05, 3.63) is 53.0 Å². The van der Waals surface area contributed by atoms with Crippen LogP contribution in [-0.4, -0.2) is 34.4 Å². The Morgan fingerprint density at radius 3 is 2.57 bits per heavy atom. The first-order valence-electron chi connectivity index (χ1n) is 8.58. The van der Waals surface area contributed by atoms with Gasteiger partial charge in [0.1, 0.15) is 5.78 Å². The predicted molar refractivity (Wildman–Crippen MR) is 94.9 cm³/mol. The molecule has 2 aromatic rings. The number of nitrogens with zero attached hydrogens (tertiary/aromatic N) is 2. The average molecular weight is 395 g/mol. The summed E-state index contributed by atoms with van der Waals surface area (Å²) in [5, 5.41) is 2.70. The Hall–Kier alpha value is -2.97. The van der Waals surface area contributed by atoms with Crippen molar-refractivity contribution in [1.29, 1.82) is 0 Å². The number of rotatable bonds is 8. The maximum absolute atomic E-state index is 12.4. The monoisotopic (exact) mass is 395 g/mol. The van der Waals surface area contributed by atoms with Gasteiger partial charge in [0.2, 0.25) is 5.88 Å². The van der Waals surface area contributed by atoms with Crippen LogP contribution in [-0.2, 0) is 17.8 Å². The van der Waals surface area contributed by atoms with E-state index >= 15 is 0 Å². The van der Waals surface area contributed by atoms with Gasteiger partial charge in [0.25, 0.3) is 5.91 Å². The van der Waals surface area contributed by atoms with E-state index in [4.69, 9.17) is 0 Å². The van der Waals surface area contributed by atoms with Crippen LogP contribution >= 0.6 is 0 Å². The number of nitrogens with one attached hydrogen (secondary N) is 1. The Balaban J connectivity index is 1.95. The molecule has 9 heteroatoms. The van der Waals surface area contributed by atoms with Gasteiger partial charge in [0.05, 0.1) is 0 Å². The van der Waals surface area contributed by atoms with Gasteiger partial charge in [-0.3, -0.25) is 14.6 Å². The lowest BCUT2D eigenvalue weighted by Gasteiger charge is -2.10. The number of amides is 1. The molecule has 0 aromatic carbocycles. The molecule has 0 aliphatic carbocycles. The lowest BCUT2D eigenvalue weighted by atomic mass is 10.1. The molecule has 0 fully saturated rings. The molecule has 150 valence electrons. The minimum Gasteiger partial charge on any atom is -0.468 e. The van der Waals surface area contributed by atoms with Crippen molar-refractivity contribution in [3.8, 4) is 5.88 Å². The summed E-state index contributed by atoms with van der Waals surface area (Å²) in [5.74, 6) is -0.473. The van der Waals surface area contributed by atoms with Crippen molar-refractivity contribution in [2.75, 3.05) is 6.61 Å². The Kier molecular flexibility index (Phi) is 7.08. The van der Waals surface area contributed by atoms with Crippen LogP contribution in [0.25, 0.3) is 0 Å². The maximum atomic E-state index is 12.4. The van der Waals surface area contributed by atoms with Crippen LogP contribution in [0.1, 0.15) is 40.7 Å². The molecule has 0 atom stereocenters. The molecule has 0 saturated heterocycles. The summed E-state index contributed by atoms with van der Waals surface area (Å²) in [6, 6.07) is 6.00. The van der Waals surface area contributed by atoms with Crippen LogP contribution in [0, 0.1) is 6.92 Å². The van der Waals surface area contributed by atoms with Crippen molar-refractivity contribution >= 4 is 11.7 Å². The molecule has 0 radical (unpaired) electrons. The fraction of sp³-hybridized carbons (Fsp3) is 0.368. The molecule has 6 nitrogen and oxygen atoms in total. The quantitative estimate of drug-likeness (QED) is 0.743. The summed E-state index contributed by atoms with van der Waals surface area (Å²) in [7, 11) is 0. The number of carbonyl (C=O) groups is 2. The molecule has 0 aliphatic heterocycles. The fourth-order valence-corrected chi connectivity index (χ4v) is 2.33.